The van der Waals surface area contributed by atoms with Gasteiger partial charge in [0.25, 0.3) is 0 Å². The SMILES string of the molecule is CC(=O)C(Cl)c1cc(C=O)ccc1CC#N. The molecule has 0 aliphatic carbocycles. The topological polar surface area (TPSA) is 57.9 Å². The molecular weight excluding hydrogens is 226 g/mol. The molecule has 0 amide bonds. The van der Waals surface area contributed by atoms with Gasteiger partial charge in [0.05, 0.1) is 12.5 Å². The third kappa shape index (κ3) is 2.68. The first-order valence-electron chi connectivity index (χ1n) is 4.69. The van der Waals surface area contributed by atoms with Crippen molar-refractivity contribution in [2.24, 2.45) is 0 Å². The number of aldehydes is 1. The normalized spacial score (nSPS) is 11.6. The summed E-state index contributed by atoms with van der Waals surface area (Å²) in [7, 11) is 0. The zero-order valence-corrected chi connectivity index (χ0v) is 9.49. The van der Waals surface area contributed by atoms with Crippen LogP contribution < -0.4 is 0 Å². The average Bonchev–Trinajstić information content (AvgIpc) is 2.29. The van der Waals surface area contributed by atoms with E-state index in [1.54, 1.807) is 18.2 Å². The van der Waals surface area contributed by atoms with Crippen molar-refractivity contribution >= 4 is 23.7 Å². The molecule has 1 atom stereocenters. The van der Waals surface area contributed by atoms with Crippen LogP contribution in [0.2, 0.25) is 0 Å². The number of nitrogens with zero attached hydrogens (tertiary/aromatic N) is 1. The number of carbonyl (C=O) groups is 2. The molecule has 1 unspecified atom stereocenters. The Hall–Kier alpha value is -1.66. The number of hydrogen-bond donors (Lipinski definition) is 0. The van der Waals surface area contributed by atoms with E-state index in [-0.39, 0.29) is 12.2 Å². The van der Waals surface area contributed by atoms with Crippen molar-refractivity contribution in [1.29, 1.82) is 5.26 Å². The summed E-state index contributed by atoms with van der Waals surface area (Å²) in [6, 6.07) is 6.81. The van der Waals surface area contributed by atoms with E-state index in [2.05, 4.69) is 0 Å². The van der Waals surface area contributed by atoms with Crippen molar-refractivity contribution in [1.82, 2.24) is 0 Å². The third-order valence-corrected chi connectivity index (χ3v) is 2.75. The lowest BCUT2D eigenvalue weighted by Gasteiger charge is -2.11. The molecule has 0 radical (unpaired) electrons. The number of benzene rings is 1. The molecule has 0 aromatic heterocycles. The summed E-state index contributed by atoms with van der Waals surface area (Å²) in [6.45, 7) is 1.38. The molecule has 0 aliphatic rings. The van der Waals surface area contributed by atoms with E-state index in [1.165, 1.54) is 6.92 Å². The van der Waals surface area contributed by atoms with Crippen molar-refractivity contribution in [3.8, 4) is 6.07 Å². The fourth-order valence-corrected chi connectivity index (χ4v) is 1.59. The number of hydrogen-bond acceptors (Lipinski definition) is 3. The highest BCUT2D eigenvalue weighted by molar-refractivity contribution is 6.31. The smallest absolute Gasteiger partial charge is 0.152 e. The van der Waals surface area contributed by atoms with E-state index in [4.69, 9.17) is 16.9 Å². The van der Waals surface area contributed by atoms with Crippen LogP contribution in [0.1, 0.15) is 33.8 Å². The lowest BCUT2D eigenvalue weighted by Crippen LogP contribution is -2.06. The van der Waals surface area contributed by atoms with Crippen molar-refractivity contribution < 1.29 is 9.59 Å². The van der Waals surface area contributed by atoms with Gasteiger partial charge >= 0.3 is 0 Å². The van der Waals surface area contributed by atoms with Gasteiger partial charge in [0.2, 0.25) is 0 Å². The van der Waals surface area contributed by atoms with E-state index in [0.29, 0.717) is 23.0 Å². The van der Waals surface area contributed by atoms with E-state index in [1.807, 2.05) is 6.07 Å². The summed E-state index contributed by atoms with van der Waals surface area (Å²) < 4.78 is 0. The quantitative estimate of drug-likeness (QED) is 0.595. The molecule has 0 saturated heterocycles. The Labute approximate surface area is 98.6 Å². The number of carbonyl (C=O) groups excluding carboxylic acids is 2. The molecule has 1 rings (SSSR count). The van der Waals surface area contributed by atoms with Gasteiger partial charge in [0.1, 0.15) is 11.7 Å². The maximum Gasteiger partial charge on any atom is 0.152 e. The fourth-order valence-electron chi connectivity index (χ4n) is 1.39. The Bertz CT molecular complexity index is 463. The standard InChI is InChI=1S/C12H10ClNO2/c1-8(16)12(13)11-6-9(7-15)2-3-10(11)4-5-14/h2-3,6-7,12H,4H2,1H3. The van der Waals surface area contributed by atoms with Crippen LogP contribution in [0.5, 0.6) is 0 Å². The Kier molecular flexibility index (Phi) is 4.21. The highest BCUT2D eigenvalue weighted by atomic mass is 35.5. The Morgan fingerprint density at radius 1 is 1.62 bits per heavy atom. The molecule has 0 aliphatic heterocycles. The monoisotopic (exact) mass is 235 g/mol. The van der Waals surface area contributed by atoms with Gasteiger partial charge in [-0.05, 0) is 24.1 Å². The molecule has 0 heterocycles. The van der Waals surface area contributed by atoms with Crippen LogP contribution in [-0.2, 0) is 11.2 Å². The summed E-state index contributed by atoms with van der Waals surface area (Å²) in [5.74, 6) is -0.205. The number of nitriles is 1. The minimum atomic E-state index is -0.803. The van der Waals surface area contributed by atoms with Gasteiger partial charge in [0.15, 0.2) is 5.78 Å². The van der Waals surface area contributed by atoms with E-state index in [9.17, 15) is 9.59 Å². The van der Waals surface area contributed by atoms with Gasteiger partial charge < -0.3 is 0 Å². The van der Waals surface area contributed by atoms with Crippen LogP contribution in [0.3, 0.4) is 0 Å². The van der Waals surface area contributed by atoms with Crippen LogP contribution in [0.4, 0.5) is 0 Å². The molecule has 82 valence electrons. The number of ketones is 1. The van der Waals surface area contributed by atoms with E-state index < -0.39 is 5.38 Å². The first-order chi connectivity index (χ1) is 7.60. The van der Waals surface area contributed by atoms with Crippen molar-refractivity contribution in [3.63, 3.8) is 0 Å². The maximum absolute atomic E-state index is 11.2. The molecule has 0 spiro atoms. The van der Waals surface area contributed by atoms with Gasteiger partial charge in [0, 0.05) is 5.56 Å². The highest BCUT2D eigenvalue weighted by Gasteiger charge is 2.17. The van der Waals surface area contributed by atoms with Crippen molar-refractivity contribution in [3.05, 3.63) is 34.9 Å². The largest absolute Gasteiger partial charge is 0.298 e. The number of halogens is 1. The molecular formula is C12H10ClNO2. The first-order valence-corrected chi connectivity index (χ1v) is 5.13. The molecule has 3 nitrogen and oxygen atoms in total. The second-order valence-corrected chi connectivity index (χ2v) is 3.82. The Morgan fingerprint density at radius 2 is 2.31 bits per heavy atom. The van der Waals surface area contributed by atoms with Crippen LogP contribution in [0, 0.1) is 11.3 Å². The second kappa shape index (κ2) is 5.43. The summed E-state index contributed by atoms with van der Waals surface area (Å²) in [4.78, 5) is 21.8. The number of rotatable bonds is 4. The zero-order valence-electron chi connectivity index (χ0n) is 8.74. The Morgan fingerprint density at radius 3 is 2.81 bits per heavy atom. The zero-order chi connectivity index (χ0) is 12.1. The molecule has 1 aromatic carbocycles. The van der Waals surface area contributed by atoms with Crippen LogP contribution in [-0.4, -0.2) is 12.1 Å². The predicted molar refractivity (Wildman–Crippen MR) is 60.4 cm³/mol. The van der Waals surface area contributed by atoms with Gasteiger partial charge in [-0.2, -0.15) is 5.26 Å². The van der Waals surface area contributed by atoms with Gasteiger partial charge in [-0.3, -0.25) is 9.59 Å². The average molecular weight is 236 g/mol. The summed E-state index contributed by atoms with van der Waals surface area (Å²) in [6.07, 6.45) is 0.856. The molecule has 0 bridgehead atoms. The summed E-state index contributed by atoms with van der Waals surface area (Å²) in [5, 5.41) is 7.84. The molecule has 4 heteroatoms. The molecule has 1 aromatic rings. The predicted octanol–water partition coefficient (Wildman–Crippen LogP) is 2.43. The highest BCUT2D eigenvalue weighted by Crippen LogP contribution is 2.26. The van der Waals surface area contributed by atoms with Crippen LogP contribution in [0.25, 0.3) is 0 Å². The Balaban J connectivity index is 3.25. The molecule has 16 heavy (non-hydrogen) atoms. The maximum atomic E-state index is 11.2. The number of Topliss-reactive ketones (excluding diaryl/α,β-unsaturated/α-hetero) is 1. The fraction of sp³-hybridized carbons (Fsp3) is 0.250. The third-order valence-electron chi connectivity index (χ3n) is 2.21. The molecule has 0 N–H and O–H groups in total. The molecule has 0 fully saturated rings. The lowest BCUT2D eigenvalue weighted by atomic mass is 9.98. The minimum Gasteiger partial charge on any atom is -0.298 e. The summed E-state index contributed by atoms with van der Waals surface area (Å²) >= 11 is 5.94. The van der Waals surface area contributed by atoms with Gasteiger partial charge in [-0.25, -0.2) is 0 Å². The summed E-state index contributed by atoms with van der Waals surface area (Å²) in [5.41, 5.74) is 1.67. The van der Waals surface area contributed by atoms with Crippen molar-refractivity contribution in [2.75, 3.05) is 0 Å². The van der Waals surface area contributed by atoms with Crippen LogP contribution in [0.15, 0.2) is 18.2 Å². The number of alkyl halides is 1. The minimum absolute atomic E-state index is 0.172. The van der Waals surface area contributed by atoms with E-state index in [0.717, 1.165) is 0 Å². The van der Waals surface area contributed by atoms with Gasteiger partial charge in [-0.1, -0.05) is 12.1 Å². The van der Waals surface area contributed by atoms with Crippen molar-refractivity contribution in [2.45, 2.75) is 18.7 Å². The van der Waals surface area contributed by atoms with E-state index >= 15 is 0 Å². The lowest BCUT2D eigenvalue weighted by molar-refractivity contribution is -0.116. The second-order valence-electron chi connectivity index (χ2n) is 3.38. The first kappa shape index (κ1) is 12.4. The molecule has 0 saturated carbocycles. The van der Waals surface area contributed by atoms with Gasteiger partial charge in [-0.15, -0.1) is 11.6 Å². The van der Waals surface area contributed by atoms with Crippen LogP contribution >= 0.6 is 11.6 Å².